The SMILES string of the molecule is COc1cc2c(Nc3ccc(C(C)=NOCc4ccc(Cl)cc4)cc3)ncnc2cc1OCCCN1CCCC1. The number of halogens is 1. The lowest BCUT2D eigenvalue weighted by Gasteiger charge is -2.16. The minimum atomic E-state index is 0.379. The molecule has 40 heavy (non-hydrogen) atoms. The van der Waals surface area contributed by atoms with Crippen LogP contribution in [0.1, 0.15) is 37.3 Å². The Kier molecular flexibility index (Phi) is 9.31. The van der Waals surface area contributed by atoms with E-state index >= 15 is 0 Å². The van der Waals surface area contributed by atoms with Crippen molar-refractivity contribution >= 4 is 39.7 Å². The van der Waals surface area contributed by atoms with Gasteiger partial charge in [-0.05, 0) is 80.7 Å². The number of rotatable bonds is 12. The smallest absolute Gasteiger partial charge is 0.163 e. The van der Waals surface area contributed by atoms with Crippen molar-refractivity contribution < 1.29 is 14.3 Å². The fraction of sp³-hybridized carbons (Fsp3) is 0.323. The van der Waals surface area contributed by atoms with Crippen LogP contribution in [0.15, 0.2) is 72.1 Å². The number of likely N-dealkylation sites (tertiary alicyclic amines) is 1. The summed E-state index contributed by atoms with van der Waals surface area (Å²) in [6, 6.07) is 19.3. The predicted molar refractivity (Wildman–Crippen MR) is 160 cm³/mol. The maximum atomic E-state index is 6.09. The third-order valence-corrected chi connectivity index (χ3v) is 7.16. The van der Waals surface area contributed by atoms with E-state index in [4.69, 9.17) is 25.9 Å². The van der Waals surface area contributed by atoms with Crippen LogP contribution in [0, 0.1) is 0 Å². The number of fused-ring (bicyclic) bond motifs is 1. The summed E-state index contributed by atoms with van der Waals surface area (Å²) in [5, 5.41) is 9.20. The van der Waals surface area contributed by atoms with Crippen molar-refractivity contribution in [3.05, 3.63) is 83.1 Å². The highest BCUT2D eigenvalue weighted by Crippen LogP contribution is 2.35. The maximum Gasteiger partial charge on any atom is 0.163 e. The Morgan fingerprint density at radius 3 is 2.52 bits per heavy atom. The van der Waals surface area contributed by atoms with Crippen molar-refractivity contribution in [3.63, 3.8) is 0 Å². The molecular formula is C31H34ClN5O3. The molecule has 8 nitrogen and oxygen atoms in total. The molecule has 1 saturated heterocycles. The van der Waals surface area contributed by atoms with Gasteiger partial charge in [0, 0.05) is 28.7 Å². The second-order valence-electron chi connectivity index (χ2n) is 9.77. The Bertz CT molecular complexity index is 1440. The number of hydrogen-bond donors (Lipinski definition) is 1. The number of anilines is 2. The Balaban J connectivity index is 1.22. The first kappa shape index (κ1) is 27.7. The van der Waals surface area contributed by atoms with Crippen molar-refractivity contribution in [3.8, 4) is 11.5 Å². The normalized spacial score (nSPS) is 13.9. The maximum absolute atomic E-state index is 6.09. The van der Waals surface area contributed by atoms with Gasteiger partial charge in [-0.25, -0.2) is 9.97 Å². The first-order valence-corrected chi connectivity index (χ1v) is 13.9. The molecule has 0 radical (unpaired) electrons. The first-order chi connectivity index (χ1) is 19.6. The van der Waals surface area contributed by atoms with E-state index in [2.05, 4.69) is 25.3 Å². The van der Waals surface area contributed by atoms with Crippen molar-refractivity contribution in [2.75, 3.05) is 38.7 Å². The minimum absolute atomic E-state index is 0.379. The van der Waals surface area contributed by atoms with Gasteiger partial charge < -0.3 is 24.5 Å². The Morgan fingerprint density at radius 2 is 1.77 bits per heavy atom. The molecule has 1 N–H and O–H groups in total. The van der Waals surface area contributed by atoms with Gasteiger partial charge in [0.25, 0.3) is 0 Å². The second-order valence-corrected chi connectivity index (χ2v) is 10.2. The van der Waals surface area contributed by atoms with Crippen LogP contribution in [-0.4, -0.2) is 53.9 Å². The third kappa shape index (κ3) is 7.20. The zero-order valence-electron chi connectivity index (χ0n) is 22.9. The molecule has 0 amide bonds. The summed E-state index contributed by atoms with van der Waals surface area (Å²) in [6.07, 6.45) is 5.13. The molecule has 0 aliphatic carbocycles. The monoisotopic (exact) mass is 559 g/mol. The van der Waals surface area contributed by atoms with Crippen LogP contribution in [-0.2, 0) is 11.4 Å². The highest BCUT2D eigenvalue weighted by atomic mass is 35.5. The molecule has 0 bridgehead atoms. The third-order valence-electron chi connectivity index (χ3n) is 6.91. The van der Waals surface area contributed by atoms with Crippen molar-refractivity contribution in [2.45, 2.75) is 32.8 Å². The zero-order chi connectivity index (χ0) is 27.7. The van der Waals surface area contributed by atoms with Gasteiger partial charge in [0.15, 0.2) is 11.5 Å². The average Bonchev–Trinajstić information content (AvgIpc) is 3.50. The van der Waals surface area contributed by atoms with Gasteiger partial charge in [0.1, 0.15) is 18.8 Å². The summed E-state index contributed by atoms with van der Waals surface area (Å²) in [7, 11) is 1.65. The lowest BCUT2D eigenvalue weighted by atomic mass is 10.1. The lowest BCUT2D eigenvalue weighted by molar-refractivity contribution is 0.130. The van der Waals surface area contributed by atoms with E-state index < -0.39 is 0 Å². The summed E-state index contributed by atoms with van der Waals surface area (Å²) >= 11 is 5.93. The van der Waals surface area contributed by atoms with E-state index in [0.29, 0.717) is 35.6 Å². The van der Waals surface area contributed by atoms with E-state index in [1.165, 1.54) is 25.9 Å². The number of hydrogen-bond acceptors (Lipinski definition) is 8. The van der Waals surface area contributed by atoms with Gasteiger partial charge in [-0.15, -0.1) is 0 Å². The molecule has 1 aliphatic rings. The van der Waals surface area contributed by atoms with Crippen LogP contribution >= 0.6 is 11.6 Å². The predicted octanol–water partition coefficient (Wildman–Crippen LogP) is 6.84. The molecule has 9 heteroatoms. The lowest BCUT2D eigenvalue weighted by Crippen LogP contribution is -2.21. The van der Waals surface area contributed by atoms with Crippen LogP contribution < -0.4 is 14.8 Å². The molecule has 0 saturated carbocycles. The number of nitrogens with one attached hydrogen (secondary N) is 1. The Hall–Kier alpha value is -3.88. The number of methoxy groups -OCH3 is 1. The average molecular weight is 560 g/mol. The summed E-state index contributed by atoms with van der Waals surface area (Å²) in [5.74, 6) is 2.04. The molecule has 2 heterocycles. The highest BCUT2D eigenvalue weighted by molar-refractivity contribution is 6.30. The molecule has 5 rings (SSSR count). The first-order valence-electron chi connectivity index (χ1n) is 13.6. The van der Waals surface area contributed by atoms with E-state index in [-0.39, 0.29) is 0 Å². The van der Waals surface area contributed by atoms with Gasteiger partial charge in [-0.2, -0.15) is 0 Å². The summed E-state index contributed by atoms with van der Waals surface area (Å²) in [5.41, 5.74) is 4.42. The van der Waals surface area contributed by atoms with Gasteiger partial charge in [0.2, 0.25) is 0 Å². The van der Waals surface area contributed by atoms with E-state index in [0.717, 1.165) is 46.4 Å². The molecule has 0 spiro atoms. The van der Waals surface area contributed by atoms with E-state index in [1.54, 1.807) is 13.4 Å². The summed E-state index contributed by atoms with van der Waals surface area (Å²) in [4.78, 5) is 17.0. The molecule has 1 aliphatic heterocycles. The summed E-state index contributed by atoms with van der Waals surface area (Å²) < 4.78 is 11.7. The molecule has 1 aromatic heterocycles. The fourth-order valence-corrected chi connectivity index (χ4v) is 4.81. The van der Waals surface area contributed by atoms with Crippen LogP contribution in [0.25, 0.3) is 10.9 Å². The molecule has 1 fully saturated rings. The second kappa shape index (κ2) is 13.5. The number of nitrogens with zero attached hydrogens (tertiary/aromatic N) is 4. The topological polar surface area (TPSA) is 81.1 Å². The van der Waals surface area contributed by atoms with Crippen molar-refractivity contribution in [1.82, 2.24) is 14.9 Å². The standard InChI is InChI=1S/C31H34ClN5O3/c1-22(36-40-20-23-6-10-25(32)11-7-23)24-8-12-26(13-9-24)35-31-27-18-29(38-2)30(19-28(27)33-21-34-31)39-17-5-16-37-14-3-4-15-37/h6-13,18-19,21H,3-5,14-17,20H2,1-2H3,(H,33,34,35). The van der Waals surface area contributed by atoms with Crippen molar-refractivity contribution in [1.29, 1.82) is 0 Å². The number of aromatic nitrogens is 2. The highest BCUT2D eigenvalue weighted by Gasteiger charge is 2.14. The van der Waals surface area contributed by atoms with Crippen LogP contribution in [0.5, 0.6) is 11.5 Å². The molecule has 0 unspecified atom stereocenters. The molecule has 0 atom stereocenters. The Morgan fingerprint density at radius 1 is 1.00 bits per heavy atom. The number of oxime groups is 1. The largest absolute Gasteiger partial charge is 0.493 e. The Labute approximate surface area is 239 Å². The van der Waals surface area contributed by atoms with E-state index in [9.17, 15) is 0 Å². The molecule has 4 aromatic rings. The number of ether oxygens (including phenoxy) is 2. The van der Waals surface area contributed by atoms with Crippen molar-refractivity contribution in [2.24, 2.45) is 5.16 Å². The molecular weight excluding hydrogens is 526 g/mol. The quantitative estimate of drug-likeness (QED) is 0.116. The molecule has 3 aromatic carbocycles. The summed E-state index contributed by atoms with van der Waals surface area (Å²) in [6.45, 7) is 6.38. The number of benzene rings is 3. The van der Waals surface area contributed by atoms with Crippen LogP contribution in [0.2, 0.25) is 5.02 Å². The van der Waals surface area contributed by atoms with Crippen LogP contribution in [0.3, 0.4) is 0 Å². The van der Waals surface area contributed by atoms with Gasteiger partial charge in [0.05, 0.1) is 24.9 Å². The van der Waals surface area contributed by atoms with E-state index in [1.807, 2.05) is 67.6 Å². The molecule has 208 valence electrons. The van der Waals surface area contributed by atoms with Gasteiger partial charge >= 0.3 is 0 Å². The van der Waals surface area contributed by atoms with Crippen LogP contribution in [0.4, 0.5) is 11.5 Å². The van der Waals surface area contributed by atoms with Gasteiger partial charge in [-0.1, -0.05) is 41.0 Å². The zero-order valence-corrected chi connectivity index (χ0v) is 23.7. The fourth-order valence-electron chi connectivity index (χ4n) is 4.68. The van der Waals surface area contributed by atoms with Gasteiger partial charge in [-0.3, -0.25) is 0 Å². The minimum Gasteiger partial charge on any atom is -0.493 e.